The highest BCUT2D eigenvalue weighted by molar-refractivity contribution is 7.98. The van der Waals surface area contributed by atoms with Crippen LogP contribution in [-0.4, -0.2) is 24.5 Å². The van der Waals surface area contributed by atoms with Crippen LogP contribution in [0, 0.1) is 0 Å². The third-order valence-corrected chi connectivity index (χ3v) is 2.90. The normalized spacial score (nSPS) is 11.0. The second-order valence-corrected chi connectivity index (χ2v) is 4.23. The van der Waals surface area contributed by atoms with Crippen molar-refractivity contribution in [1.29, 1.82) is 0 Å². The van der Waals surface area contributed by atoms with Crippen LogP contribution in [-0.2, 0) is 10.5 Å². The molecule has 2 rings (SSSR count). The fraction of sp³-hybridized carbons (Fsp3) is 0.364. The molecule has 1 aromatic carbocycles. The molecule has 0 unspecified atom stereocenters. The first-order valence-corrected chi connectivity index (χ1v) is 5.97. The summed E-state index contributed by atoms with van der Waals surface area (Å²) in [5.41, 5.74) is 1.79. The smallest absolute Gasteiger partial charge is 0.205 e. The lowest BCUT2D eigenvalue weighted by Gasteiger charge is -1.96. The van der Waals surface area contributed by atoms with Gasteiger partial charge in [-0.15, -0.1) is 11.8 Å². The van der Waals surface area contributed by atoms with E-state index < -0.39 is 0 Å². The van der Waals surface area contributed by atoms with Crippen LogP contribution < -0.4 is 0 Å². The van der Waals surface area contributed by atoms with Crippen LogP contribution in [0.2, 0.25) is 0 Å². The van der Waals surface area contributed by atoms with Crippen molar-refractivity contribution >= 4 is 22.9 Å². The van der Waals surface area contributed by atoms with Gasteiger partial charge in [0, 0.05) is 12.9 Å². The Hall–Kier alpha value is -1.00. The maximum Gasteiger partial charge on any atom is 0.205 e. The molecule has 0 aliphatic rings. The van der Waals surface area contributed by atoms with Crippen molar-refractivity contribution < 1.29 is 9.15 Å². The van der Waals surface area contributed by atoms with E-state index in [0.29, 0.717) is 0 Å². The predicted octanol–water partition coefficient (Wildman–Crippen LogP) is 2.71. The molecular weight excluding hydrogens is 210 g/mol. The molecule has 0 saturated carbocycles. The zero-order valence-electron chi connectivity index (χ0n) is 8.60. The molecule has 4 heteroatoms. The van der Waals surface area contributed by atoms with E-state index in [1.54, 1.807) is 18.9 Å². The lowest BCUT2D eigenvalue weighted by atomic mass is 10.3. The Morgan fingerprint density at radius 2 is 2.27 bits per heavy atom. The molecule has 80 valence electrons. The van der Waals surface area contributed by atoms with Crippen LogP contribution >= 0.6 is 11.8 Å². The van der Waals surface area contributed by atoms with Crippen molar-refractivity contribution in [2.24, 2.45) is 0 Å². The van der Waals surface area contributed by atoms with Crippen molar-refractivity contribution in [3.05, 3.63) is 30.2 Å². The van der Waals surface area contributed by atoms with Crippen LogP contribution in [0.15, 0.2) is 28.7 Å². The standard InChI is InChI=1S/C11H13NO2S/c1-13-6-7-15-8-11-12-9-4-2-3-5-10(9)14-11/h2-5H,6-8H2,1H3. The number of para-hydroxylation sites is 2. The van der Waals surface area contributed by atoms with Crippen molar-refractivity contribution in [1.82, 2.24) is 4.98 Å². The number of rotatable bonds is 5. The van der Waals surface area contributed by atoms with E-state index in [4.69, 9.17) is 9.15 Å². The Bertz CT molecular complexity index is 394. The van der Waals surface area contributed by atoms with Crippen LogP contribution in [0.3, 0.4) is 0 Å². The zero-order valence-corrected chi connectivity index (χ0v) is 9.42. The molecule has 0 radical (unpaired) electrons. The second kappa shape index (κ2) is 5.19. The molecule has 15 heavy (non-hydrogen) atoms. The third-order valence-electron chi connectivity index (χ3n) is 2.00. The summed E-state index contributed by atoms with van der Waals surface area (Å²) in [7, 11) is 1.71. The van der Waals surface area contributed by atoms with Gasteiger partial charge < -0.3 is 9.15 Å². The van der Waals surface area contributed by atoms with Gasteiger partial charge in [0.2, 0.25) is 5.89 Å². The lowest BCUT2D eigenvalue weighted by molar-refractivity contribution is 0.218. The van der Waals surface area contributed by atoms with Gasteiger partial charge >= 0.3 is 0 Å². The van der Waals surface area contributed by atoms with Crippen LogP contribution in [0.1, 0.15) is 5.89 Å². The monoisotopic (exact) mass is 223 g/mol. The largest absolute Gasteiger partial charge is 0.440 e. The van der Waals surface area contributed by atoms with Gasteiger partial charge in [0.05, 0.1) is 12.4 Å². The number of oxazole rings is 1. The molecule has 1 aromatic heterocycles. The summed E-state index contributed by atoms with van der Waals surface area (Å²) >= 11 is 1.76. The Balaban J connectivity index is 1.97. The van der Waals surface area contributed by atoms with E-state index in [1.807, 2.05) is 24.3 Å². The molecule has 0 N–H and O–H groups in total. The number of fused-ring (bicyclic) bond motifs is 1. The molecule has 0 aliphatic heterocycles. The van der Waals surface area contributed by atoms with Crippen molar-refractivity contribution in [2.45, 2.75) is 5.75 Å². The van der Waals surface area contributed by atoms with Gasteiger partial charge in [0.15, 0.2) is 5.58 Å². The number of nitrogens with zero attached hydrogens (tertiary/aromatic N) is 1. The van der Waals surface area contributed by atoms with Gasteiger partial charge in [-0.2, -0.15) is 0 Å². The first-order chi connectivity index (χ1) is 7.40. The molecule has 3 nitrogen and oxygen atoms in total. The molecule has 0 atom stereocenters. The maximum atomic E-state index is 5.58. The van der Waals surface area contributed by atoms with E-state index in [1.165, 1.54) is 0 Å². The van der Waals surface area contributed by atoms with E-state index in [2.05, 4.69) is 4.98 Å². The van der Waals surface area contributed by atoms with Gasteiger partial charge in [-0.05, 0) is 12.1 Å². The van der Waals surface area contributed by atoms with Gasteiger partial charge in [-0.3, -0.25) is 0 Å². The molecule has 0 spiro atoms. The number of hydrogen-bond acceptors (Lipinski definition) is 4. The maximum absolute atomic E-state index is 5.58. The van der Waals surface area contributed by atoms with Crippen LogP contribution in [0.4, 0.5) is 0 Å². The van der Waals surface area contributed by atoms with Crippen LogP contribution in [0.25, 0.3) is 11.1 Å². The Morgan fingerprint density at radius 1 is 1.40 bits per heavy atom. The highest BCUT2D eigenvalue weighted by Gasteiger charge is 2.03. The highest BCUT2D eigenvalue weighted by atomic mass is 32.2. The number of ether oxygens (including phenoxy) is 1. The number of methoxy groups -OCH3 is 1. The first-order valence-electron chi connectivity index (χ1n) is 4.81. The topological polar surface area (TPSA) is 35.3 Å². The van der Waals surface area contributed by atoms with E-state index in [9.17, 15) is 0 Å². The summed E-state index contributed by atoms with van der Waals surface area (Å²) in [6, 6.07) is 7.82. The number of thioether (sulfide) groups is 1. The quantitative estimate of drug-likeness (QED) is 0.730. The average molecular weight is 223 g/mol. The minimum Gasteiger partial charge on any atom is -0.440 e. The molecule has 1 heterocycles. The van der Waals surface area contributed by atoms with Crippen molar-refractivity contribution in [2.75, 3.05) is 19.5 Å². The van der Waals surface area contributed by atoms with E-state index >= 15 is 0 Å². The minimum atomic E-state index is 0.769. The van der Waals surface area contributed by atoms with E-state index in [-0.39, 0.29) is 0 Å². The summed E-state index contributed by atoms with van der Waals surface area (Å²) in [6.45, 7) is 0.769. The summed E-state index contributed by atoms with van der Waals surface area (Å²) < 4.78 is 10.5. The Morgan fingerprint density at radius 3 is 3.07 bits per heavy atom. The average Bonchev–Trinajstić information content (AvgIpc) is 2.67. The summed E-state index contributed by atoms with van der Waals surface area (Å²) in [6.07, 6.45) is 0. The number of aromatic nitrogens is 1. The summed E-state index contributed by atoms with van der Waals surface area (Å²) in [5.74, 6) is 2.56. The van der Waals surface area contributed by atoms with E-state index in [0.717, 1.165) is 35.1 Å². The first kappa shape index (κ1) is 10.5. The molecule has 2 aromatic rings. The lowest BCUT2D eigenvalue weighted by Crippen LogP contribution is -1.92. The van der Waals surface area contributed by atoms with Gasteiger partial charge in [0.25, 0.3) is 0 Å². The second-order valence-electron chi connectivity index (χ2n) is 3.12. The SMILES string of the molecule is COCCSCc1nc2ccccc2o1. The fourth-order valence-electron chi connectivity index (χ4n) is 1.28. The number of hydrogen-bond donors (Lipinski definition) is 0. The molecule has 0 aliphatic carbocycles. The third kappa shape index (κ3) is 2.73. The molecule has 0 saturated heterocycles. The van der Waals surface area contributed by atoms with Gasteiger partial charge in [-0.1, -0.05) is 12.1 Å². The summed E-state index contributed by atoms with van der Waals surface area (Å²) in [5, 5.41) is 0. The predicted molar refractivity (Wildman–Crippen MR) is 62.0 cm³/mol. The van der Waals surface area contributed by atoms with Gasteiger partial charge in [-0.25, -0.2) is 4.98 Å². The molecule has 0 amide bonds. The molecule has 0 bridgehead atoms. The molecular formula is C11H13NO2S. The number of benzene rings is 1. The van der Waals surface area contributed by atoms with Crippen molar-refractivity contribution in [3.63, 3.8) is 0 Å². The zero-order chi connectivity index (χ0) is 10.5. The Labute approximate surface area is 92.8 Å². The summed E-state index contributed by atoms with van der Waals surface area (Å²) in [4.78, 5) is 4.38. The minimum absolute atomic E-state index is 0.769. The molecule has 0 fully saturated rings. The van der Waals surface area contributed by atoms with Crippen LogP contribution in [0.5, 0.6) is 0 Å². The highest BCUT2D eigenvalue weighted by Crippen LogP contribution is 2.18. The van der Waals surface area contributed by atoms with Crippen molar-refractivity contribution in [3.8, 4) is 0 Å². The fourth-order valence-corrected chi connectivity index (χ4v) is 2.01. The Kier molecular flexibility index (Phi) is 3.64. The van der Waals surface area contributed by atoms with Gasteiger partial charge in [0.1, 0.15) is 5.52 Å².